The van der Waals surface area contributed by atoms with Gasteiger partial charge in [0.2, 0.25) is 0 Å². The van der Waals surface area contributed by atoms with Crippen LogP contribution in [-0.4, -0.2) is 18.5 Å². The van der Waals surface area contributed by atoms with E-state index in [4.69, 9.17) is 5.26 Å². The van der Waals surface area contributed by atoms with Crippen LogP contribution in [0.2, 0.25) is 0 Å². The molecule has 1 N–H and O–H groups in total. The molecular formula is C18H19F2N3. The topological polar surface area (TPSA) is 39.1 Å². The molecule has 0 bridgehead atoms. The van der Waals surface area contributed by atoms with Crippen LogP contribution in [0.4, 0.5) is 14.5 Å². The van der Waals surface area contributed by atoms with Crippen LogP contribution in [0.25, 0.3) is 0 Å². The van der Waals surface area contributed by atoms with Gasteiger partial charge in [0.05, 0.1) is 11.6 Å². The van der Waals surface area contributed by atoms with Crippen molar-refractivity contribution in [3.05, 3.63) is 64.7 Å². The van der Waals surface area contributed by atoms with E-state index in [2.05, 4.69) is 17.1 Å². The van der Waals surface area contributed by atoms with Gasteiger partial charge >= 0.3 is 0 Å². The summed E-state index contributed by atoms with van der Waals surface area (Å²) in [7, 11) is 2.03. The highest BCUT2D eigenvalue weighted by atomic mass is 19.1. The van der Waals surface area contributed by atoms with Gasteiger partial charge in [0.15, 0.2) is 11.6 Å². The van der Waals surface area contributed by atoms with Gasteiger partial charge < -0.3 is 10.2 Å². The average Bonchev–Trinajstić information content (AvgIpc) is 2.54. The first kappa shape index (κ1) is 16.9. The Bertz CT molecular complexity index is 699. The summed E-state index contributed by atoms with van der Waals surface area (Å²) < 4.78 is 27.7. The minimum Gasteiger partial charge on any atom is -0.376 e. The maximum absolute atomic E-state index is 13.8. The fraction of sp³-hybridized carbons (Fsp3) is 0.278. The molecule has 0 heterocycles. The molecular weight excluding hydrogens is 296 g/mol. The van der Waals surface area contributed by atoms with Crippen molar-refractivity contribution in [1.82, 2.24) is 4.90 Å². The van der Waals surface area contributed by atoms with Crippen LogP contribution in [0.1, 0.15) is 23.6 Å². The number of hydrogen-bond donors (Lipinski definition) is 1. The van der Waals surface area contributed by atoms with Gasteiger partial charge in [-0.25, -0.2) is 8.78 Å². The SMILES string of the molecule is CCN(C)Cc1cccc(CNc2c(F)cc(C#N)cc2F)c1. The first-order valence-electron chi connectivity index (χ1n) is 7.43. The second kappa shape index (κ2) is 7.70. The van der Waals surface area contributed by atoms with Crippen LogP contribution in [0.5, 0.6) is 0 Å². The van der Waals surface area contributed by atoms with Gasteiger partial charge in [-0.3, -0.25) is 0 Å². The van der Waals surface area contributed by atoms with Gasteiger partial charge in [0, 0.05) is 13.1 Å². The molecule has 2 aromatic carbocycles. The molecule has 0 atom stereocenters. The van der Waals surface area contributed by atoms with Crippen molar-refractivity contribution in [3.63, 3.8) is 0 Å². The van der Waals surface area contributed by atoms with E-state index in [0.717, 1.165) is 36.3 Å². The molecule has 2 rings (SSSR count). The number of hydrogen-bond acceptors (Lipinski definition) is 3. The summed E-state index contributed by atoms with van der Waals surface area (Å²) in [6.45, 7) is 4.17. The predicted octanol–water partition coefficient (Wildman–Crippen LogP) is 3.90. The Kier molecular flexibility index (Phi) is 5.67. The molecule has 0 aromatic heterocycles. The molecule has 0 saturated heterocycles. The number of halogens is 2. The number of anilines is 1. The molecule has 0 radical (unpaired) electrons. The first-order valence-corrected chi connectivity index (χ1v) is 7.43. The zero-order valence-electron chi connectivity index (χ0n) is 13.2. The van der Waals surface area contributed by atoms with E-state index in [9.17, 15) is 8.78 Å². The monoisotopic (exact) mass is 315 g/mol. The Morgan fingerprint density at radius 1 is 1.13 bits per heavy atom. The van der Waals surface area contributed by atoms with Gasteiger partial charge in [-0.05, 0) is 36.9 Å². The summed E-state index contributed by atoms with van der Waals surface area (Å²) in [4.78, 5) is 2.17. The summed E-state index contributed by atoms with van der Waals surface area (Å²) in [5.41, 5.74) is 1.85. The minimum atomic E-state index is -0.761. The van der Waals surface area contributed by atoms with E-state index >= 15 is 0 Å². The van der Waals surface area contributed by atoms with Crippen LogP contribution >= 0.6 is 0 Å². The standard InChI is InChI=1S/C18H19F2N3/c1-3-23(2)12-14-6-4-5-13(7-14)11-22-18-16(19)8-15(10-21)9-17(18)20/h4-9,22H,3,11-12H2,1-2H3. The highest BCUT2D eigenvalue weighted by molar-refractivity contribution is 5.50. The molecule has 0 saturated carbocycles. The lowest BCUT2D eigenvalue weighted by atomic mass is 10.1. The smallest absolute Gasteiger partial charge is 0.150 e. The molecule has 23 heavy (non-hydrogen) atoms. The van der Waals surface area contributed by atoms with E-state index < -0.39 is 11.6 Å². The maximum atomic E-state index is 13.8. The van der Waals surface area contributed by atoms with E-state index in [0.29, 0.717) is 6.54 Å². The number of nitrogens with one attached hydrogen (secondary N) is 1. The van der Waals surface area contributed by atoms with E-state index in [1.165, 1.54) is 0 Å². The van der Waals surface area contributed by atoms with Crippen molar-refractivity contribution in [3.8, 4) is 6.07 Å². The third-order valence-electron chi connectivity index (χ3n) is 3.62. The van der Waals surface area contributed by atoms with Crippen LogP contribution < -0.4 is 5.32 Å². The summed E-state index contributed by atoms with van der Waals surface area (Å²) in [5.74, 6) is -1.52. The number of rotatable bonds is 6. The molecule has 0 amide bonds. The molecule has 0 aliphatic heterocycles. The molecule has 0 spiro atoms. The van der Waals surface area contributed by atoms with Gasteiger partial charge in [-0.2, -0.15) is 5.26 Å². The van der Waals surface area contributed by atoms with Crippen LogP contribution in [-0.2, 0) is 13.1 Å². The van der Waals surface area contributed by atoms with Crippen molar-refractivity contribution in [2.24, 2.45) is 0 Å². The minimum absolute atomic E-state index is 0.0323. The predicted molar refractivity (Wildman–Crippen MR) is 86.8 cm³/mol. The van der Waals surface area contributed by atoms with Crippen molar-refractivity contribution < 1.29 is 8.78 Å². The van der Waals surface area contributed by atoms with Gasteiger partial charge in [0.25, 0.3) is 0 Å². The molecule has 2 aromatic rings. The zero-order chi connectivity index (χ0) is 16.8. The van der Waals surface area contributed by atoms with Gasteiger partial charge in [-0.1, -0.05) is 31.2 Å². The molecule has 0 unspecified atom stereocenters. The number of nitriles is 1. The van der Waals surface area contributed by atoms with Crippen molar-refractivity contribution in [2.45, 2.75) is 20.0 Å². The fourth-order valence-corrected chi connectivity index (χ4v) is 2.26. The maximum Gasteiger partial charge on any atom is 0.150 e. The van der Waals surface area contributed by atoms with Gasteiger partial charge in [-0.15, -0.1) is 0 Å². The lowest BCUT2D eigenvalue weighted by Crippen LogP contribution is -2.16. The molecule has 5 heteroatoms. The third kappa shape index (κ3) is 4.51. The lowest BCUT2D eigenvalue weighted by Gasteiger charge is -2.15. The largest absolute Gasteiger partial charge is 0.376 e. The molecule has 0 aliphatic rings. The number of benzene rings is 2. The fourth-order valence-electron chi connectivity index (χ4n) is 2.26. The third-order valence-corrected chi connectivity index (χ3v) is 3.62. The highest BCUT2D eigenvalue weighted by Crippen LogP contribution is 2.21. The first-order chi connectivity index (χ1) is 11.0. The molecule has 3 nitrogen and oxygen atoms in total. The van der Waals surface area contributed by atoms with E-state index in [-0.39, 0.29) is 11.3 Å². The lowest BCUT2D eigenvalue weighted by molar-refractivity contribution is 0.345. The summed E-state index contributed by atoms with van der Waals surface area (Å²) in [6.07, 6.45) is 0. The summed E-state index contributed by atoms with van der Waals surface area (Å²) in [6, 6.07) is 11.7. The quantitative estimate of drug-likeness (QED) is 0.878. The number of nitrogens with zero attached hydrogens (tertiary/aromatic N) is 2. The molecule has 0 aliphatic carbocycles. The van der Waals surface area contributed by atoms with E-state index in [1.807, 2.05) is 31.3 Å². The van der Waals surface area contributed by atoms with Crippen molar-refractivity contribution >= 4 is 5.69 Å². The highest BCUT2D eigenvalue weighted by Gasteiger charge is 2.11. The van der Waals surface area contributed by atoms with Crippen LogP contribution in [0, 0.1) is 23.0 Å². The van der Waals surface area contributed by atoms with Gasteiger partial charge in [0.1, 0.15) is 5.69 Å². The average molecular weight is 315 g/mol. The second-order valence-corrected chi connectivity index (χ2v) is 5.43. The summed E-state index contributed by atoms with van der Waals surface area (Å²) in [5, 5.41) is 11.5. The normalized spacial score (nSPS) is 10.6. The van der Waals surface area contributed by atoms with E-state index in [1.54, 1.807) is 6.07 Å². The zero-order valence-corrected chi connectivity index (χ0v) is 13.2. The Morgan fingerprint density at radius 3 is 2.39 bits per heavy atom. The molecule has 120 valence electrons. The van der Waals surface area contributed by atoms with Crippen molar-refractivity contribution in [1.29, 1.82) is 5.26 Å². The Labute approximate surface area is 135 Å². The second-order valence-electron chi connectivity index (χ2n) is 5.43. The van der Waals surface area contributed by atoms with Crippen LogP contribution in [0.3, 0.4) is 0 Å². The van der Waals surface area contributed by atoms with Crippen LogP contribution in [0.15, 0.2) is 36.4 Å². The Balaban J connectivity index is 2.10. The Morgan fingerprint density at radius 2 is 1.78 bits per heavy atom. The van der Waals surface area contributed by atoms with Crippen molar-refractivity contribution in [2.75, 3.05) is 18.9 Å². The Hall–Kier alpha value is -2.45. The summed E-state index contributed by atoms with van der Waals surface area (Å²) >= 11 is 0. The molecule has 0 fully saturated rings.